The molecule has 2 aliphatic rings. The standard InChI is InChI=1S/C23H26N2O3/c1-28-19-6-4-5-18(14-19)24-23(27)20-7-2-3-8-21(20)25-22(26)13-17-12-15-9-10-16(17)11-15/h2-8,14-17H,9-13H2,1H3,(H,24,27)(H,25,26)/t15-,16-,17-/m0/s1. The Balaban J connectivity index is 1.42. The molecule has 0 saturated heterocycles. The maximum Gasteiger partial charge on any atom is 0.257 e. The molecule has 4 rings (SSSR count). The first kappa shape index (κ1) is 18.5. The molecule has 3 atom stereocenters. The predicted molar refractivity (Wildman–Crippen MR) is 110 cm³/mol. The Morgan fingerprint density at radius 3 is 2.64 bits per heavy atom. The van der Waals surface area contributed by atoms with Crippen molar-refractivity contribution in [2.45, 2.75) is 32.1 Å². The highest BCUT2D eigenvalue weighted by atomic mass is 16.5. The number of amides is 2. The van der Waals surface area contributed by atoms with Gasteiger partial charge in [-0.2, -0.15) is 0 Å². The second-order valence-electron chi connectivity index (χ2n) is 7.92. The number of fused-ring (bicyclic) bond motifs is 2. The van der Waals surface area contributed by atoms with Gasteiger partial charge in [0.15, 0.2) is 0 Å². The van der Waals surface area contributed by atoms with E-state index in [1.165, 1.54) is 25.7 Å². The zero-order valence-electron chi connectivity index (χ0n) is 16.1. The van der Waals surface area contributed by atoms with Crippen LogP contribution in [0.15, 0.2) is 48.5 Å². The van der Waals surface area contributed by atoms with Gasteiger partial charge >= 0.3 is 0 Å². The van der Waals surface area contributed by atoms with Crippen LogP contribution in [0.5, 0.6) is 5.75 Å². The van der Waals surface area contributed by atoms with Crippen molar-refractivity contribution in [3.63, 3.8) is 0 Å². The number of methoxy groups -OCH3 is 1. The van der Waals surface area contributed by atoms with E-state index in [0.717, 1.165) is 5.92 Å². The monoisotopic (exact) mass is 378 g/mol. The zero-order valence-corrected chi connectivity index (χ0v) is 16.1. The lowest BCUT2D eigenvalue weighted by molar-refractivity contribution is -0.117. The molecule has 28 heavy (non-hydrogen) atoms. The summed E-state index contributed by atoms with van der Waals surface area (Å²) in [6.45, 7) is 0. The number of rotatable bonds is 6. The lowest BCUT2D eigenvalue weighted by atomic mass is 9.86. The molecule has 2 amide bonds. The van der Waals surface area contributed by atoms with Gasteiger partial charge in [-0.1, -0.05) is 24.6 Å². The second-order valence-corrected chi connectivity index (χ2v) is 7.92. The van der Waals surface area contributed by atoms with Crippen molar-refractivity contribution in [3.05, 3.63) is 54.1 Å². The third-order valence-electron chi connectivity index (χ3n) is 6.11. The van der Waals surface area contributed by atoms with E-state index in [1.54, 1.807) is 37.4 Å². The molecule has 2 N–H and O–H groups in total. The highest BCUT2D eigenvalue weighted by molar-refractivity contribution is 6.10. The number of anilines is 2. The van der Waals surface area contributed by atoms with Crippen LogP contribution in [0.1, 0.15) is 42.5 Å². The number of nitrogens with one attached hydrogen (secondary N) is 2. The molecule has 2 saturated carbocycles. The molecule has 0 spiro atoms. The second kappa shape index (κ2) is 8.05. The summed E-state index contributed by atoms with van der Waals surface area (Å²) in [7, 11) is 1.59. The summed E-state index contributed by atoms with van der Waals surface area (Å²) in [6.07, 6.45) is 5.61. The first-order valence-electron chi connectivity index (χ1n) is 9.96. The van der Waals surface area contributed by atoms with Crippen LogP contribution in [0.25, 0.3) is 0 Å². The molecule has 5 nitrogen and oxygen atoms in total. The lowest BCUT2D eigenvalue weighted by Crippen LogP contribution is -2.22. The molecule has 2 bridgehead atoms. The van der Waals surface area contributed by atoms with Crippen molar-refractivity contribution < 1.29 is 14.3 Å². The fourth-order valence-corrected chi connectivity index (χ4v) is 4.76. The van der Waals surface area contributed by atoms with Gasteiger partial charge in [-0.15, -0.1) is 0 Å². The number of ether oxygens (including phenoxy) is 1. The van der Waals surface area contributed by atoms with Crippen LogP contribution in [-0.4, -0.2) is 18.9 Å². The Kier molecular flexibility index (Phi) is 5.33. The summed E-state index contributed by atoms with van der Waals surface area (Å²) >= 11 is 0. The molecule has 0 aliphatic heterocycles. The molecule has 0 heterocycles. The third-order valence-corrected chi connectivity index (χ3v) is 6.11. The molecule has 2 aliphatic carbocycles. The van der Waals surface area contributed by atoms with Crippen molar-refractivity contribution >= 4 is 23.2 Å². The molecule has 146 valence electrons. The molecule has 2 aromatic rings. The number of para-hydroxylation sites is 1. The smallest absolute Gasteiger partial charge is 0.257 e. The molecule has 2 fully saturated rings. The molecule has 0 aromatic heterocycles. The molecule has 0 radical (unpaired) electrons. The predicted octanol–water partition coefficient (Wildman–Crippen LogP) is 4.71. The quantitative estimate of drug-likeness (QED) is 0.765. The molecule has 5 heteroatoms. The van der Waals surface area contributed by atoms with Crippen LogP contribution >= 0.6 is 0 Å². The van der Waals surface area contributed by atoms with E-state index >= 15 is 0 Å². The zero-order chi connectivity index (χ0) is 19.5. The maximum absolute atomic E-state index is 12.8. The highest BCUT2D eigenvalue weighted by Gasteiger charge is 2.40. The summed E-state index contributed by atoms with van der Waals surface area (Å²) < 4.78 is 5.19. The van der Waals surface area contributed by atoms with Gasteiger partial charge in [-0.05, 0) is 61.3 Å². The topological polar surface area (TPSA) is 67.4 Å². The molecule has 2 aromatic carbocycles. The van der Waals surface area contributed by atoms with E-state index in [-0.39, 0.29) is 11.8 Å². The Morgan fingerprint density at radius 2 is 1.89 bits per heavy atom. The van der Waals surface area contributed by atoms with E-state index < -0.39 is 0 Å². The SMILES string of the molecule is COc1cccc(NC(=O)c2ccccc2NC(=O)C[C@@H]2C[C@H]3CC[C@H]2C3)c1. The first-order valence-corrected chi connectivity index (χ1v) is 9.96. The van der Waals surface area contributed by atoms with Crippen molar-refractivity contribution in [2.75, 3.05) is 17.7 Å². The normalized spacial score (nSPS) is 22.7. The Bertz CT molecular complexity index is 880. The summed E-state index contributed by atoms with van der Waals surface area (Å²) in [6, 6.07) is 14.3. The average molecular weight is 378 g/mol. The minimum Gasteiger partial charge on any atom is -0.497 e. The van der Waals surface area contributed by atoms with Gasteiger partial charge in [0.05, 0.1) is 18.4 Å². The van der Waals surface area contributed by atoms with Crippen LogP contribution < -0.4 is 15.4 Å². The summed E-state index contributed by atoms with van der Waals surface area (Å²) in [5, 5.41) is 5.83. The third kappa shape index (κ3) is 4.03. The van der Waals surface area contributed by atoms with Crippen LogP contribution in [-0.2, 0) is 4.79 Å². The highest BCUT2D eigenvalue weighted by Crippen LogP contribution is 2.49. The Hall–Kier alpha value is -2.82. The number of hydrogen-bond acceptors (Lipinski definition) is 3. The largest absolute Gasteiger partial charge is 0.497 e. The van der Waals surface area contributed by atoms with E-state index in [1.807, 2.05) is 18.2 Å². The number of benzene rings is 2. The van der Waals surface area contributed by atoms with Crippen molar-refractivity contribution in [1.82, 2.24) is 0 Å². The summed E-state index contributed by atoms with van der Waals surface area (Å²) in [5.41, 5.74) is 1.65. The Labute approximate surface area is 165 Å². The summed E-state index contributed by atoms with van der Waals surface area (Å²) in [5.74, 6) is 2.44. The van der Waals surface area contributed by atoms with E-state index in [2.05, 4.69) is 10.6 Å². The van der Waals surface area contributed by atoms with Gasteiger partial charge in [-0.3, -0.25) is 9.59 Å². The van der Waals surface area contributed by atoms with Gasteiger partial charge in [-0.25, -0.2) is 0 Å². The lowest BCUT2D eigenvalue weighted by Gasteiger charge is -2.21. The van der Waals surface area contributed by atoms with Crippen molar-refractivity contribution in [3.8, 4) is 5.75 Å². The number of hydrogen-bond donors (Lipinski definition) is 2. The first-order chi connectivity index (χ1) is 13.6. The van der Waals surface area contributed by atoms with E-state index in [0.29, 0.717) is 40.9 Å². The van der Waals surface area contributed by atoms with Gasteiger partial charge in [0, 0.05) is 18.2 Å². The van der Waals surface area contributed by atoms with E-state index in [4.69, 9.17) is 4.74 Å². The van der Waals surface area contributed by atoms with Crippen LogP contribution in [0.4, 0.5) is 11.4 Å². The van der Waals surface area contributed by atoms with Gasteiger partial charge in [0.2, 0.25) is 5.91 Å². The molecular formula is C23H26N2O3. The van der Waals surface area contributed by atoms with Gasteiger partial charge in [0.1, 0.15) is 5.75 Å². The molecular weight excluding hydrogens is 352 g/mol. The fraction of sp³-hybridized carbons (Fsp3) is 0.391. The van der Waals surface area contributed by atoms with Crippen LogP contribution in [0.3, 0.4) is 0 Å². The number of carbonyl (C=O) groups is 2. The number of carbonyl (C=O) groups excluding carboxylic acids is 2. The van der Waals surface area contributed by atoms with Gasteiger partial charge < -0.3 is 15.4 Å². The average Bonchev–Trinajstić information content (AvgIpc) is 3.31. The summed E-state index contributed by atoms with van der Waals surface area (Å²) in [4.78, 5) is 25.4. The van der Waals surface area contributed by atoms with Crippen LogP contribution in [0.2, 0.25) is 0 Å². The minimum absolute atomic E-state index is 0.000759. The van der Waals surface area contributed by atoms with Crippen LogP contribution in [0, 0.1) is 17.8 Å². The minimum atomic E-state index is -0.260. The fourth-order valence-electron chi connectivity index (χ4n) is 4.76. The molecule has 0 unspecified atom stereocenters. The van der Waals surface area contributed by atoms with Crippen molar-refractivity contribution in [2.24, 2.45) is 17.8 Å². The van der Waals surface area contributed by atoms with Crippen molar-refractivity contribution in [1.29, 1.82) is 0 Å². The maximum atomic E-state index is 12.8. The van der Waals surface area contributed by atoms with E-state index in [9.17, 15) is 9.59 Å². The Morgan fingerprint density at radius 1 is 1.04 bits per heavy atom. The van der Waals surface area contributed by atoms with Gasteiger partial charge in [0.25, 0.3) is 5.91 Å².